The highest BCUT2D eigenvalue weighted by atomic mass is 35.5. The molecule has 0 saturated carbocycles. The number of aromatic nitrogens is 1. The molecule has 1 fully saturated rings. The van der Waals surface area contributed by atoms with E-state index >= 15 is 0 Å². The largest absolute Gasteiger partial charge is 0.466 e. The first-order chi connectivity index (χ1) is 8.70. The van der Waals surface area contributed by atoms with Gasteiger partial charge in [0.25, 0.3) is 0 Å². The summed E-state index contributed by atoms with van der Waals surface area (Å²) < 4.78 is 5.05. The molecule has 4 nitrogen and oxygen atoms in total. The van der Waals surface area contributed by atoms with Crippen LogP contribution < -0.4 is 4.90 Å². The van der Waals surface area contributed by atoms with Gasteiger partial charge in [0.15, 0.2) is 0 Å². The van der Waals surface area contributed by atoms with E-state index in [1.165, 1.54) is 0 Å². The van der Waals surface area contributed by atoms with Gasteiger partial charge < -0.3 is 9.64 Å². The summed E-state index contributed by atoms with van der Waals surface area (Å²) >= 11 is 5.76. The van der Waals surface area contributed by atoms with Crippen molar-refractivity contribution in [2.75, 3.05) is 24.6 Å². The molecule has 0 radical (unpaired) electrons. The average molecular weight is 269 g/mol. The number of rotatable bonds is 3. The van der Waals surface area contributed by atoms with Crippen molar-refractivity contribution in [1.29, 1.82) is 0 Å². The fourth-order valence-electron chi connectivity index (χ4n) is 2.19. The van der Waals surface area contributed by atoms with Crippen LogP contribution >= 0.6 is 11.6 Å². The lowest BCUT2D eigenvalue weighted by atomic mass is 9.97. The molecule has 1 aromatic rings. The molecule has 98 valence electrons. The van der Waals surface area contributed by atoms with Gasteiger partial charge in [0, 0.05) is 13.1 Å². The van der Waals surface area contributed by atoms with Gasteiger partial charge in [-0.3, -0.25) is 4.79 Å². The van der Waals surface area contributed by atoms with Crippen LogP contribution in [0.3, 0.4) is 0 Å². The first-order valence-corrected chi connectivity index (χ1v) is 6.61. The Morgan fingerprint density at radius 2 is 2.22 bits per heavy atom. The zero-order valence-electron chi connectivity index (χ0n) is 10.4. The second kappa shape index (κ2) is 6.05. The molecule has 5 heteroatoms. The number of piperidine rings is 1. The minimum Gasteiger partial charge on any atom is -0.466 e. The summed E-state index contributed by atoms with van der Waals surface area (Å²) in [5.41, 5.74) is 1.06. The summed E-state index contributed by atoms with van der Waals surface area (Å²) in [7, 11) is 0. The van der Waals surface area contributed by atoms with Crippen LogP contribution in [0.5, 0.6) is 0 Å². The van der Waals surface area contributed by atoms with E-state index < -0.39 is 0 Å². The van der Waals surface area contributed by atoms with E-state index in [0.717, 1.165) is 31.6 Å². The molecule has 1 aliphatic heterocycles. The van der Waals surface area contributed by atoms with Crippen LogP contribution in [0.15, 0.2) is 18.3 Å². The van der Waals surface area contributed by atoms with Crippen LogP contribution in [-0.2, 0) is 9.53 Å². The highest BCUT2D eigenvalue weighted by Gasteiger charge is 2.26. The zero-order chi connectivity index (χ0) is 13.0. The lowest BCUT2D eigenvalue weighted by molar-refractivity contribution is -0.148. The lowest BCUT2D eigenvalue weighted by Crippen LogP contribution is -2.37. The van der Waals surface area contributed by atoms with Crippen molar-refractivity contribution < 1.29 is 9.53 Å². The third-order valence-corrected chi connectivity index (χ3v) is 3.42. The van der Waals surface area contributed by atoms with Crippen LogP contribution in [0.4, 0.5) is 5.69 Å². The maximum Gasteiger partial charge on any atom is 0.309 e. The molecule has 1 saturated heterocycles. The molecule has 1 aliphatic rings. The standard InChI is InChI=1S/C13H17ClN2O2/c1-2-18-13(17)10-5-7-16(8-6-10)11-3-4-12(14)15-9-11/h3-4,9-10H,2,5-8H2,1H3. The molecule has 0 unspecified atom stereocenters. The fourth-order valence-corrected chi connectivity index (χ4v) is 2.30. The van der Waals surface area contributed by atoms with Gasteiger partial charge in [0.05, 0.1) is 24.4 Å². The van der Waals surface area contributed by atoms with Gasteiger partial charge in [-0.1, -0.05) is 11.6 Å². The van der Waals surface area contributed by atoms with Gasteiger partial charge in [-0.2, -0.15) is 0 Å². The minimum atomic E-state index is -0.0635. The van der Waals surface area contributed by atoms with E-state index in [1.54, 1.807) is 12.3 Å². The van der Waals surface area contributed by atoms with Crippen molar-refractivity contribution in [2.24, 2.45) is 5.92 Å². The molecule has 0 aliphatic carbocycles. The van der Waals surface area contributed by atoms with Crippen LogP contribution in [0, 0.1) is 5.92 Å². The van der Waals surface area contributed by atoms with Crippen LogP contribution in [-0.4, -0.2) is 30.6 Å². The van der Waals surface area contributed by atoms with Gasteiger partial charge >= 0.3 is 5.97 Å². The average Bonchev–Trinajstić information content (AvgIpc) is 2.40. The summed E-state index contributed by atoms with van der Waals surface area (Å²) in [5.74, 6) is -0.0205. The topological polar surface area (TPSA) is 42.4 Å². The Kier molecular flexibility index (Phi) is 4.42. The predicted molar refractivity (Wildman–Crippen MR) is 70.8 cm³/mol. The maximum atomic E-state index is 11.6. The fraction of sp³-hybridized carbons (Fsp3) is 0.538. The number of anilines is 1. The summed E-state index contributed by atoms with van der Waals surface area (Å²) in [4.78, 5) is 17.9. The Morgan fingerprint density at radius 3 is 2.78 bits per heavy atom. The van der Waals surface area contributed by atoms with Crippen molar-refractivity contribution in [1.82, 2.24) is 4.98 Å². The SMILES string of the molecule is CCOC(=O)C1CCN(c2ccc(Cl)nc2)CC1. The van der Waals surface area contributed by atoms with Gasteiger partial charge in [-0.05, 0) is 31.9 Å². The molecule has 2 heterocycles. The monoisotopic (exact) mass is 268 g/mol. The van der Waals surface area contributed by atoms with E-state index in [2.05, 4.69) is 9.88 Å². The van der Waals surface area contributed by atoms with E-state index in [1.807, 2.05) is 13.0 Å². The number of halogens is 1. The Labute approximate surface area is 112 Å². The number of nitrogens with zero attached hydrogens (tertiary/aromatic N) is 2. The van der Waals surface area contributed by atoms with E-state index in [9.17, 15) is 4.79 Å². The number of pyridine rings is 1. The Bertz CT molecular complexity index is 400. The highest BCUT2D eigenvalue weighted by molar-refractivity contribution is 6.29. The molecule has 2 rings (SSSR count). The van der Waals surface area contributed by atoms with E-state index in [4.69, 9.17) is 16.3 Å². The molecule has 0 amide bonds. The molecule has 1 aromatic heterocycles. The number of carbonyl (C=O) groups excluding carboxylic acids is 1. The first-order valence-electron chi connectivity index (χ1n) is 6.24. The van der Waals surface area contributed by atoms with Gasteiger partial charge in [-0.25, -0.2) is 4.98 Å². The van der Waals surface area contributed by atoms with Crippen molar-refractivity contribution >= 4 is 23.3 Å². The predicted octanol–water partition coefficient (Wildman–Crippen LogP) is 2.51. The Balaban J connectivity index is 1.90. The third kappa shape index (κ3) is 3.13. The van der Waals surface area contributed by atoms with Crippen molar-refractivity contribution in [3.05, 3.63) is 23.5 Å². The lowest BCUT2D eigenvalue weighted by Gasteiger charge is -2.32. The van der Waals surface area contributed by atoms with Gasteiger partial charge in [0.2, 0.25) is 0 Å². The molecule has 0 bridgehead atoms. The molecule has 0 spiro atoms. The summed E-state index contributed by atoms with van der Waals surface area (Å²) in [5, 5.41) is 0.500. The number of ether oxygens (including phenoxy) is 1. The number of carbonyl (C=O) groups is 1. The summed E-state index contributed by atoms with van der Waals surface area (Å²) in [6.45, 7) is 4.01. The smallest absolute Gasteiger partial charge is 0.309 e. The molecule has 0 N–H and O–H groups in total. The quantitative estimate of drug-likeness (QED) is 0.624. The summed E-state index contributed by atoms with van der Waals surface area (Å²) in [6.07, 6.45) is 3.44. The third-order valence-electron chi connectivity index (χ3n) is 3.19. The highest BCUT2D eigenvalue weighted by Crippen LogP contribution is 2.24. The van der Waals surface area contributed by atoms with E-state index in [0.29, 0.717) is 11.8 Å². The number of esters is 1. The van der Waals surface area contributed by atoms with Crippen molar-refractivity contribution in [3.8, 4) is 0 Å². The Hall–Kier alpha value is -1.29. The summed E-state index contributed by atoms with van der Waals surface area (Å²) in [6, 6.07) is 3.74. The molecular weight excluding hydrogens is 252 g/mol. The minimum absolute atomic E-state index is 0.0430. The van der Waals surface area contributed by atoms with Crippen molar-refractivity contribution in [2.45, 2.75) is 19.8 Å². The zero-order valence-corrected chi connectivity index (χ0v) is 11.2. The van der Waals surface area contributed by atoms with Crippen LogP contribution in [0.2, 0.25) is 5.15 Å². The van der Waals surface area contributed by atoms with Crippen molar-refractivity contribution in [3.63, 3.8) is 0 Å². The maximum absolute atomic E-state index is 11.6. The normalized spacial score (nSPS) is 16.7. The van der Waals surface area contributed by atoms with Gasteiger partial charge in [-0.15, -0.1) is 0 Å². The second-order valence-electron chi connectivity index (χ2n) is 4.35. The number of hydrogen-bond donors (Lipinski definition) is 0. The van der Waals surface area contributed by atoms with Crippen LogP contribution in [0.25, 0.3) is 0 Å². The van der Waals surface area contributed by atoms with Crippen LogP contribution in [0.1, 0.15) is 19.8 Å². The molecule has 0 atom stereocenters. The molecular formula is C13H17ClN2O2. The van der Waals surface area contributed by atoms with E-state index in [-0.39, 0.29) is 11.9 Å². The number of hydrogen-bond acceptors (Lipinski definition) is 4. The molecule has 18 heavy (non-hydrogen) atoms. The first kappa shape index (κ1) is 13.1. The second-order valence-corrected chi connectivity index (χ2v) is 4.74. The Morgan fingerprint density at radius 1 is 1.50 bits per heavy atom. The van der Waals surface area contributed by atoms with Gasteiger partial charge in [0.1, 0.15) is 5.15 Å². The molecule has 0 aromatic carbocycles.